The van der Waals surface area contributed by atoms with Crippen LogP contribution in [-0.2, 0) is 0 Å². The Bertz CT molecular complexity index is 666. The number of hydrogen-bond acceptors (Lipinski definition) is 4. The molecule has 0 aliphatic heterocycles. The third-order valence-corrected chi connectivity index (χ3v) is 5.68. The maximum absolute atomic E-state index is 12.4. The minimum Gasteiger partial charge on any atom is -0.396 e. The predicted molar refractivity (Wildman–Crippen MR) is 97.2 cm³/mol. The number of thiazole rings is 1. The summed E-state index contributed by atoms with van der Waals surface area (Å²) in [5.41, 5.74) is 1.10. The van der Waals surface area contributed by atoms with Crippen molar-refractivity contribution in [2.45, 2.75) is 31.7 Å². The number of benzene rings is 1. The lowest BCUT2D eigenvalue weighted by Gasteiger charge is -2.33. The van der Waals surface area contributed by atoms with Gasteiger partial charge in [0.05, 0.1) is 4.88 Å². The van der Waals surface area contributed by atoms with E-state index in [1.165, 1.54) is 11.3 Å². The molecule has 0 atom stereocenters. The normalized spacial score (nSPS) is 20.6. The second kappa shape index (κ2) is 7.77. The van der Waals surface area contributed by atoms with Crippen molar-refractivity contribution in [3.63, 3.8) is 0 Å². The molecule has 1 fully saturated rings. The van der Waals surface area contributed by atoms with Gasteiger partial charge in [-0.25, -0.2) is 9.78 Å². The summed E-state index contributed by atoms with van der Waals surface area (Å²) in [6, 6.07) is 10.1. The van der Waals surface area contributed by atoms with Crippen LogP contribution in [0.1, 0.15) is 25.7 Å². The highest BCUT2D eigenvalue weighted by atomic mass is 32.1. The van der Waals surface area contributed by atoms with Crippen molar-refractivity contribution in [2.24, 2.45) is 5.92 Å². The zero-order chi connectivity index (χ0) is 16.9. The topological polar surface area (TPSA) is 65.5 Å². The number of urea groups is 1. The van der Waals surface area contributed by atoms with Crippen LogP contribution in [0.25, 0.3) is 10.4 Å². The van der Waals surface area contributed by atoms with E-state index in [1.807, 2.05) is 37.4 Å². The summed E-state index contributed by atoms with van der Waals surface area (Å²) in [4.78, 5) is 19.6. The van der Waals surface area contributed by atoms with E-state index >= 15 is 0 Å². The summed E-state index contributed by atoms with van der Waals surface area (Å²) < 4.78 is 0. The summed E-state index contributed by atoms with van der Waals surface area (Å²) >= 11 is 1.48. The van der Waals surface area contributed by atoms with Crippen LogP contribution in [0, 0.1) is 5.92 Å². The van der Waals surface area contributed by atoms with E-state index < -0.39 is 0 Å². The lowest BCUT2D eigenvalue weighted by Crippen LogP contribution is -2.42. The van der Waals surface area contributed by atoms with Crippen molar-refractivity contribution in [1.29, 1.82) is 0 Å². The summed E-state index contributed by atoms with van der Waals surface area (Å²) in [6.07, 6.45) is 5.65. The number of nitrogens with one attached hydrogen (secondary N) is 1. The zero-order valence-corrected chi connectivity index (χ0v) is 14.6. The van der Waals surface area contributed by atoms with E-state index in [9.17, 15) is 9.90 Å². The maximum atomic E-state index is 12.4. The molecular weight excluding hydrogens is 322 g/mol. The van der Waals surface area contributed by atoms with Crippen molar-refractivity contribution in [2.75, 3.05) is 19.0 Å². The molecule has 1 heterocycles. The van der Waals surface area contributed by atoms with Crippen molar-refractivity contribution >= 4 is 22.5 Å². The fourth-order valence-electron chi connectivity index (χ4n) is 3.13. The maximum Gasteiger partial charge on any atom is 0.323 e. The standard InChI is InChI=1S/C18H23N3O2S/c1-21(15-9-7-13(12-22)8-10-15)18(23)20-17-19-11-16(24-17)14-5-3-2-4-6-14/h2-6,11,13,15,22H,7-10,12H2,1H3,(H,19,20,23). The number of aromatic nitrogens is 1. The first-order valence-corrected chi connectivity index (χ1v) is 9.15. The van der Waals surface area contributed by atoms with E-state index in [1.54, 1.807) is 11.1 Å². The molecule has 5 nitrogen and oxygen atoms in total. The molecule has 0 unspecified atom stereocenters. The molecule has 1 saturated carbocycles. The molecule has 0 bridgehead atoms. The minimum absolute atomic E-state index is 0.114. The van der Waals surface area contributed by atoms with Gasteiger partial charge in [-0.3, -0.25) is 5.32 Å². The Kier molecular flexibility index (Phi) is 5.48. The van der Waals surface area contributed by atoms with Crippen LogP contribution in [0.3, 0.4) is 0 Å². The van der Waals surface area contributed by atoms with Gasteiger partial charge >= 0.3 is 6.03 Å². The lowest BCUT2D eigenvalue weighted by atomic mass is 9.86. The summed E-state index contributed by atoms with van der Waals surface area (Å²) in [6.45, 7) is 0.254. The fourth-order valence-corrected chi connectivity index (χ4v) is 3.94. The Morgan fingerprint density at radius 3 is 2.67 bits per heavy atom. The van der Waals surface area contributed by atoms with Crippen molar-refractivity contribution in [3.8, 4) is 10.4 Å². The van der Waals surface area contributed by atoms with Crippen molar-refractivity contribution in [1.82, 2.24) is 9.88 Å². The molecule has 1 aliphatic rings. The molecule has 1 aromatic heterocycles. The molecule has 1 aromatic carbocycles. The Balaban J connectivity index is 1.58. The number of carbonyl (C=O) groups excluding carboxylic acids is 1. The number of amides is 2. The first kappa shape index (κ1) is 16.9. The Morgan fingerprint density at radius 1 is 1.29 bits per heavy atom. The minimum atomic E-state index is -0.114. The lowest BCUT2D eigenvalue weighted by molar-refractivity contribution is 0.139. The van der Waals surface area contributed by atoms with E-state index in [4.69, 9.17) is 0 Å². The number of aliphatic hydroxyl groups excluding tert-OH is 1. The van der Waals surface area contributed by atoms with Crippen LogP contribution in [0.4, 0.5) is 9.93 Å². The van der Waals surface area contributed by atoms with Crippen LogP contribution in [0.5, 0.6) is 0 Å². The van der Waals surface area contributed by atoms with Crippen LogP contribution >= 0.6 is 11.3 Å². The van der Waals surface area contributed by atoms with Crippen molar-refractivity contribution in [3.05, 3.63) is 36.5 Å². The van der Waals surface area contributed by atoms with E-state index in [0.717, 1.165) is 36.1 Å². The number of anilines is 1. The Labute approximate surface area is 146 Å². The molecule has 3 rings (SSSR count). The quantitative estimate of drug-likeness (QED) is 0.885. The Hall–Kier alpha value is -1.92. The Morgan fingerprint density at radius 2 is 2.00 bits per heavy atom. The number of carbonyl (C=O) groups is 1. The van der Waals surface area contributed by atoms with Gasteiger partial charge in [0.1, 0.15) is 0 Å². The van der Waals surface area contributed by atoms with Crippen LogP contribution in [0.2, 0.25) is 0 Å². The average Bonchev–Trinajstić information content (AvgIpc) is 3.10. The smallest absolute Gasteiger partial charge is 0.323 e. The van der Waals surface area contributed by atoms with Gasteiger partial charge in [0.25, 0.3) is 0 Å². The van der Waals surface area contributed by atoms with Crippen LogP contribution < -0.4 is 5.32 Å². The highest BCUT2D eigenvalue weighted by Crippen LogP contribution is 2.30. The van der Waals surface area contributed by atoms with E-state index in [-0.39, 0.29) is 18.7 Å². The first-order chi connectivity index (χ1) is 11.7. The van der Waals surface area contributed by atoms with Gasteiger partial charge < -0.3 is 10.0 Å². The van der Waals surface area contributed by atoms with E-state index in [0.29, 0.717) is 11.0 Å². The molecule has 0 spiro atoms. The SMILES string of the molecule is CN(C(=O)Nc1ncc(-c2ccccc2)s1)C1CCC(CO)CC1. The molecule has 2 aromatic rings. The summed E-state index contributed by atoms with van der Waals surface area (Å²) in [5.74, 6) is 0.394. The van der Waals surface area contributed by atoms with E-state index in [2.05, 4.69) is 10.3 Å². The summed E-state index contributed by atoms with van der Waals surface area (Å²) in [5, 5.41) is 12.7. The van der Waals surface area contributed by atoms with Gasteiger partial charge in [-0.15, -0.1) is 0 Å². The largest absolute Gasteiger partial charge is 0.396 e. The highest BCUT2D eigenvalue weighted by Gasteiger charge is 2.26. The third kappa shape index (κ3) is 3.94. The van der Waals surface area contributed by atoms with Crippen LogP contribution in [0.15, 0.2) is 36.5 Å². The number of rotatable bonds is 4. The molecule has 128 valence electrons. The molecule has 0 radical (unpaired) electrons. The predicted octanol–water partition coefficient (Wildman–Crippen LogP) is 3.82. The highest BCUT2D eigenvalue weighted by molar-refractivity contribution is 7.19. The molecule has 1 aliphatic carbocycles. The number of aliphatic hydroxyl groups is 1. The van der Waals surface area contributed by atoms with Crippen molar-refractivity contribution < 1.29 is 9.90 Å². The van der Waals surface area contributed by atoms with Gasteiger partial charge in [0.2, 0.25) is 0 Å². The second-order valence-corrected chi connectivity index (χ2v) is 7.32. The zero-order valence-electron chi connectivity index (χ0n) is 13.8. The third-order valence-electron chi connectivity index (χ3n) is 4.72. The number of nitrogens with zero attached hydrogens (tertiary/aromatic N) is 2. The van der Waals surface area contributed by atoms with Gasteiger partial charge in [0, 0.05) is 25.9 Å². The molecule has 24 heavy (non-hydrogen) atoms. The van der Waals surface area contributed by atoms with Crippen LogP contribution in [-0.4, -0.2) is 40.7 Å². The molecule has 0 saturated heterocycles. The van der Waals surface area contributed by atoms with Gasteiger partial charge in [-0.1, -0.05) is 41.7 Å². The molecule has 2 amide bonds. The fraction of sp³-hybridized carbons (Fsp3) is 0.444. The summed E-state index contributed by atoms with van der Waals surface area (Å²) in [7, 11) is 1.84. The van der Waals surface area contributed by atoms with Gasteiger partial charge in [-0.05, 0) is 37.2 Å². The first-order valence-electron chi connectivity index (χ1n) is 8.33. The monoisotopic (exact) mass is 345 g/mol. The molecular formula is C18H23N3O2S. The average molecular weight is 345 g/mol. The van der Waals surface area contributed by atoms with Gasteiger partial charge in [-0.2, -0.15) is 0 Å². The molecule has 2 N–H and O–H groups in total. The number of hydrogen-bond donors (Lipinski definition) is 2. The molecule has 6 heteroatoms. The van der Waals surface area contributed by atoms with Gasteiger partial charge in [0.15, 0.2) is 5.13 Å². The second-order valence-electron chi connectivity index (χ2n) is 6.29.